The van der Waals surface area contributed by atoms with Crippen molar-refractivity contribution in [3.63, 3.8) is 0 Å². The fraction of sp³-hybridized carbons (Fsp3) is 0.316. The number of aryl methyl sites for hydroxylation is 2. The molecule has 0 saturated heterocycles. The minimum atomic E-state index is 0.771. The Morgan fingerprint density at radius 3 is 2.32 bits per heavy atom. The molecular weight excluding hydrogens is 270 g/mol. The normalized spacial score (nSPS) is 11.5. The van der Waals surface area contributed by atoms with Crippen molar-refractivity contribution in [1.82, 2.24) is 0 Å². The average molecular weight is 295 g/mol. The number of nitrogen functional groups attached to an aromatic ring is 1. The van der Waals surface area contributed by atoms with Crippen molar-refractivity contribution in [2.75, 3.05) is 17.3 Å². The van der Waals surface area contributed by atoms with E-state index in [0.717, 1.165) is 35.6 Å². The van der Waals surface area contributed by atoms with E-state index in [2.05, 4.69) is 56.1 Å². The van der Waals surface area contributed by atoms with Crippen LogP contribution in [0.2, 0.25) is 0 Å². The predicted molar refractivity (Wildman–Crippen MR) is 96.6 cm³/mol. The minimum absolute atomic E-state index is 0.771. The average Bonchev–Trinajstić information content (AvgIpc) is 2.50. The molecule has 0 fully saturated rings. The fourth-order valence-corrected chi connectivity index (χ4v) is 2.38. The monoisotopic (exact) mass is 295 g/mol. The molecule has 2 aromatic rings. The van der Waals surface area contributed by atoms with Crippen LogP contribution in [0, 0.1) is 13.8 Å². The topological polar surface area (TPSA) is 41.6 Å². The lowest BCUT2D eigenvalue weighted by atomic mass is 10.1. The van der Waals surface area contributed by atoms with Crippen LogP contribution in [0.3, 0.4) is 0 Å². The maximum atomic E-state index is 6.10. The zero-order valence-corrected chi connectivity index (χ0v) is 13.9. The fourth-order valence-electron chi connectivity index (χ4n) is 2.38. The van der Waals surface area contributed by atoms with Crippen LogP contribution in [0.4, 0.5) is 11.4 Å². The molecule has 116 valence electrons. The summed E-state index contributed by atoms with van der Waals surface area (Å²) in [4.78, 5) is 0. The minimum Gasteiger partial charge on any atom is -0.398 e. The van der Waals surface area contributed by atoms with Gasteiger partial charge in [0, 0.05) is 17.8 Å². The summed E-state index contributed by atoms with van der Waals surface area (Å²) in [5.74, 6) is 0. The number of nitrogens with zero attached hydrogens (tertiary/aromatic N) is 2. The SMILES string of the molecule is CCCN(/N=C(\C)c1cc(C)ccc1N)c1ccc(C)cc1. The standard InChI is InChI=1S/C19H25N3/c1-5-12-22(17-9-6-14(2)7-10-17)21-16(4)18-13-15(3)8-11-19(18)20/h6-11,13H,5,12,20H2,1-4H3/b21-16+. The summed E-state index contributed by atoms with van der Waals surface area (Å²) >= 11 is 0. The molecule has 0 aliphatic carbocycles. The highest BCUT2D eigenvalue weighted by Crippen LogP contribution is 2.19. The lowest BCUT2D eigenvalue weighted by molar-refractivity contribution is 0.806. The Bertz CT molecular complexity index is 657. The first kappa shape index (κ1) is 16.1. The summed E-state index contributed by atoms with van der Waals surface area (Å²) in [6, 6.07) is 14.5. The lowest BCUT2D eigenvalue weighted by Crippen LogP contribution is -2.19. The quantitative estimate of drug-likeness (QED) is 0.500. The Balaban J connectivity index is 2.36. The molecule has 0 atom stereocenters. The van der Waals surface area contributed by atoms with Gasteiger partial charge < -0.3 is 5.73 Å². The van der Waals surface area contributed by atoms with Crippen molar-refractivity contribution in [1.29, 1.82) is 0 Å². The van der Waals surface area contributed by atoms with Gasteiger partial charge in [-0.3, -0.25) is 5.01 Å². The van der Waals surface area contributed by atoms with Crippen molar-refractivity contribution in [3.05, 3.63) is 59.2 Å². The third-order valence-corrected chi connectivity index (χ3v) is 3.64. The van der Waals surface area contributed by atoms with Crippen LogP contribution >= 0.6 is 0 Å². The van der Waals surface area contributed by atoms with E-state index in [9.17, 15) is 0 Å². The number of hydrazone groups is 1. The molecular formula is C19H25N3. The van der Waals surface area contributed by atoms with E-state index in [4.69, 9.17) is 10.8 Å². The Hall–Kier alpha value is -2.29. The van der Waals surface area contributed by atoms with Crippen molar-refractivity contribution in [3.8, 4) is 0 Å². The van der Waals surface area contributed by atoms with Crippen molar-refractivity contribution < 1.29 is 0 Å². The van der Waals surface area contributed by atoms with Gasteiger partial charge in [0.2, 0.25) is 0 Å². The van der Waals surface area contributed by atoms with Gasteiger partial charge in [-0.2, -0.15) is 5.10 Å². The zero-order valence-electron chi connectivity index (χ0n) is 13.9. The van der Waals surface area contributed by atoms with Gasteiger partial charge in [-0.15, -0.1) is 0 Å². The molecule has 2 N–H and O–H groups in total. The number of hydrogen-bond donors (Lipinski definition) is 1. The maximum Gasteiger partial charge on any atom is 0.0671 e. The summed E-state index contributed by atoms with van der Waals surface area (Å²) in [5.41, 5.74) is 12.4. The van der Waals surface area contributed by atoms with Crippen LogP contribution in [0.25, 0.3) is 0 Å². The smallest absolute Gasteiger partial charge is 0.0671 e. The molecule has 2 rings (SSSR count). The number of benzene rings is 2. The molecule has 0 amide bonds. The van der Waals surface area contributed by atoms with Crippen molar-refractivity contribution >= 4 is 17.1 Å². The second-order valence-electron chi connectivity index (χ2n) is 5.73. The molecule has 0 heterocycles. The highest BCUT2D eigenvalue weighted by Gasteiger charge is 2.08. The lowest BCUT2D eigenvalue weighted by Gasteiger charge is -2.20. The predicted octanol–water partition coefficient (Wildman–Crippen LogP) is 4.53. The van der Waals surface area contributed by atoms with E-state index in [0.29, 0.717) is 0 Å². The third-order valence-electron chi connectivity index (χ3n) is 3.64. The summed E-state index contributed by atoms with van der Waals surface area (Å²) in [5, 5.41) is 6.86. The van der Waals surface area contributed by atoms with E-state index >= 15 is 0 Å². The molecule has 0 bridgehead atoms. The molecule has 3 heteroatoms. The van der Waals surface area contributed by atoms with Crippen LogP contribution < -0.4 is 10.7 Å². The first-order valence-corrected chi connectivity index (χ1v) is 7.77. The maximum absolute atomic E-state index is 6.10. The second-order valence-corrected chi connectivity index (χ2v) is 5.73. The highest BCUT2D eigenvalue weighted by molar-refractivity contribution is 6.03. The Morgan fingerprint density at radius 1 is 1.05 bits per heavy atom. The zero-order chi connectivity index (χ0) is 16.1. The Kier molecular flexibility index (Phi) is 5.21. The molecule has 2 aromatic carbocycles. The first-order chi connectivity index (χ1) is 10.5. The highest BCUT2D eigenvalue weighted by atomic mass is 15.5. The molecule has 3 nitrogen and oxygen atoms in total. The third kappa shape index (κ3) is 3.88. The molecule has 0 aliphatic rings. The van der Waals surface area contributed by atoms with E-state index in [-0.39, 0.29) is 0 Å². The van der Waals surface area contributed by atoms with Crippen molar-refractivity contribution in [2.24, 2.45) is 5.10 Å². The molecule has 0 aliphatic heterocycles. The van der Waals surface area contributed by atoms with Crippen LogP contribution in [0.5, 0.6) is 0 Å². The molecule has 0 radical (unpaired) electrons. The number of nitrogens with two attached hydrogens (primary N) is 1. The van der Waals surface area contributed by atoms with E-state index in [1.165, 1.54) is 11.1 Å². The van der Waals surface area contributed by atoms with Gasteiger partial charge >= 0.3 is 0 Å². The van der Waals surface area contributed by atoms with Gasteiger partial charge in [0.15, 0.2) is 0 Å². The Morgan fingerprint density at radius 2 is 1.68 bits per heavy atom. The van der Waals surface area contributed by atoms with E-state index in [1.807, 2.05) is 19.1 Å². The van der Waals surface area contributed by atoms with Crippen molar-refractivity contribution in [2.45, 2.75) is 34.1 Å². The van der Waals surface area contributed by atoms with Crippen LogP contribution in [0.1, 0.15) is 37.0 Å². The number of anilines is 2. The van der Waals surface area contributed by atoms with Crippen LogP contribution in [-0.2, 0) is 0 Å². The van der Waals surface area contributed by atoms with Gasteiger partial charge in [-0.1, -0.05) is 36.2 Å². The molecule has 22 heavy (non-hydrogen) atoms. The molecule has 0 aromatic heterocycles. The summed E-state index contributed by atoms with van der Waals surface area (Å²) < 4.78 is 0. The Labute approximate surface area is 133 Å². The number of rotatable bonds is 5. The van der Waals surface area contributed by atoms with Crippen LogP contribution in [-0.4, -0.2) is 12.3 Å². The molecule has 0 unspecified atom stereocenters. The van der Waals surface area contributed by atoms with Crippen LogP contribution in [0.15, 0.2) is 47.6 Å². The van der Waals surface area contributed by atoms with Gasteiger partial charge in [-0.05, 0) is 51.5 Å². The summed E-state index contributed by atoms with van der Waals surface area (Å²) in [6.07, 6.45) is 1.04. The van der Waals surface area contributed by atoms with E-state index in [1.54, 1.807) is 0 Å². The van der Waals surface area contributed by atoms with Gasteiger partial charge in [0.25, 0.3) is 0 Å². The molecule has 0 spiro atoms. The number of hydrogen-bond acceptors (Lipinski definition) is 3. The van der Waals surface area contributed by atoms with Gasteiger partial charge in [-0.25, -0.2) is 0 Å². The van der Waals surface area contributed by atoms with E-state index < -0.39 is 0 Å². The van der Waals surface area contributed by atoms with Gasteiger partial charge in [0.1, 0.15) is 0 Å². The summed E-state index contributed by atoms with van der Waals surface area (Å²) in [6.45, 7) is 9.22. The summed E-state index contributed by atoms with van der Waals surface area (Å²) in [7, 11) is 0. The second kappa shape index (κ2) is 7.12. The van der Waals surface area contributed by atoms with Gasteiger partial charge in [0.05, 0.1) is 11.4 Å². The largest absolute Gasteiger partial charge is 0.398 e. The first-order valence-electron chi connectivity index (χ1n) is 7.77. The molecule has 0 saturated carbocycles.